The van der Waals surface area contributed by atoms with Crippen molar-refractivity contribution in [1.82, 2.24) is 14.8 Å². The fraction of sp³-hybridized carbons (Fsp3) is 0.407. The van der Waals surface area contributed by atoms with Gasteiger partial charge in [-0.2, -0.15) is 0 Å². The number of aromatic nitrogens is 1. The third kappa shape index (κ3) is 10.7. The molecule has 8 heteroatoms. The van der Waals surface area contributed by atoms with Crippen LogP contribution in [-0.4, -0.2) is 70.4 Å². The Bertz CT molecular complexity index is 2210. The van der Waals surface area contributed by atoms with E-state index in [2.05, 4.69) is 92.4 Å². The number of likely N-dealkylation sites (tertiary alicyclic amines) is 2. The number of piperidine rings is 2. The van der Waals surface area contributed by atoms with Gasteiger partial charge in [-0.1, -0.05) is 135 Å². The number of benzene rings is 4. The predicted molar refractivity (Wildman–Crippen MR) is 251 cm³/mol. The predicted octanol–water partition coefficient (Wildman–Crippen LogP) is 11.3. The molecule has 2 N–H and O–H groups in total. The lowest BCUT2D eigenvalue weighted by Crippen LogP contribution is -2.44. The standard InChI is InChI=1S/C32H41NO2.C22H23ClN2O2/c1-31(2,3)26-18-16-25(17-19-26)30(34)15-10-22-33-23-20-29(21-24-33)32(35,27-11-6-4-7-12-27)28-13-8-5-9-14-28;1-2-27-22(26)25-12-9-15(10-13-25)20-19-8-7-18(23)14-17(19)6-5-16-4-3-11-24-21(16)20/h4-9,11-14,16-19,29-30,34-35H,10,15,20-24H2,1-3H3;3-4,7-8,11,14H,2,5-6,9-10,12-13H2,1H3. The molecule has 0 saturated carbocycles. The molecule has 1 unspecified atom stereocenters. The van der Waals surface area contributed by atoms with Crippen molar-refractivity contribution in [3.63, 3.8) is 0 Å². The van der Waals surface area contributed by atoms with Crippen molar-refractivity contribution in [1.29, 1.82) is 0 Å². The molecule has 2 aliphatic heterocycles. The lowest BCUT2D eigenvalue weighted by atomic mass is 9.72. The van der Waals surface area contributed by atoms with Crippen LogP contribution >= 0.6 is 11.6 Å². The highest BCUT2D eigenvalue weighted by atomic mass is 35.5. The molecule has 62 heavy (non-hydrogen) atoms. The normalized spacial score (nSPS) is 16.7. The maximum atomic E-state index is 12.1. The summed E-state index contributed by atoms with van der Waals surface area (Å²) in [6.07, 6.45) is 8.49. The fourth-order valence-corrected chi connectivity index (χ4v) is 9.73. The highest BCUT2D eigenvalue weighted by molar-refractivity contribution is 6.30. The molecule has 5 aromatic rings. The Kier molecular flexibility index (Phi) is 15.0. The number of ether oxygens (including phenoxy) is 1. The average molecular weight is 855 g/mol. The first-order chi connectivity index (χ1) is 29.9. The van der Waals surface area contributed by atoms with Crippen molar-refractivity contribution in [2.75, 3.05) is 39.3 Å². The van der Waals surface area contributed by atoms with Crippen molar-refractivity contribution >= 4 is 23.3 Å². The van der Waals surface area contributed by atoms with E-state index in [-0.39, 0.29) is 17.4 Å². The maximum absolute atomic E-state index is 12.1. The number of aliphatic hydroxyl groups excluding tert-OH is 1. The van der Waals surface area contributed by atoms with Gasteiger partial charge in [0, 0.05) is 29.9 Å². The molecule has 8 rings (SSSR count). The van der Waals surface area contributed by atoms with Crippen LogP contribution in [0.1, 0.15) is 117 Å². The van der Waals surface area contributed by atoms with Crippen molar-refractivity contribution in [2.45, 2.75) is 96.2 Å². The summed E-state index contributed by atoms with van der Waals surface area (Å²) in [5.41, 5.74) is 10.9. The van der Waals surface area contributed by atoms with Crippen LogP contribution in [0.4, 0.5) is 4.79 Å². The highest BCUT2D eigenvalue weighted by Gasteiger charge is 2.41. The number of rotatable bonds is 9. The number of carbonyl (C=O) groups is 1. The number of amides is 1. The second kappa shape index (κ2) is 20.6. The number of pyridine rings is 1. The van der Waals surface area contributed by atoms with Gasteiger partial charge in [0.1, 0.15) is 5.60 Å². The summed E-state index contributed by atoms with van der Waals surface area (Å²) in [6, 6.07) is 39.0. The molecular weight excluding hydrogens is 790 g/mol. The lowest BCUT2D eigenvalue weighted by molar-refractivity contribution is -0.0146. The zero-order chi connectivity index (χ0) is 43.7. The number of halogens is 1. The van der Waals surface area contributed by atoms with Gasteiger partial charge in [-0.15, -0.1) is 0 Å². The molecule has 4 aromatic carbocycles. The van der Waals surface area contributed by atoms with Crippen LogP contribution < -0.4 is 0 Å². The van der Waals surface area contributed by atoms with E-state index in [1.165, 1.54) is 33.4 Å². The first kappa shape index (κ1) is 45.2. The van der Waals surface area contributed by atoms with Crippen LogP contribution in [0.15, 0.2) is 127 Å². The number of nitrogens with zero attached hydrogens (tertiary/aromatic N) is 3. The first-order valence-corrected chi connectivity index (χ1v) is 23.0. The van der Waals surface area contributed by atoms with Crippen LogP contribution in [0.5, 0.6) is 0 Å². The minimum Gasteiger partial charge on any atom is -0.450 e. The Hall–Kier alpha value is -4.79. The molecule has 0 bridgehead atoms. The van der Waals surface area contributed by atoms with Crippen molar-refractivity contribution in [3.8, 4) is 0 Å². The molecule has 0 spiro atoms. The number of hydrogen-bond acceptors (Lipinski definition) is 6. The molecule has 2 fully saturated rings. The lowest BCUT2D eigenvalue weighted by Gasteiger charge is -2.42. The molecular formula is C54H64ClN3O4. The minimum atomic E-state index is -0.968. The molecule has 1 atom stereocenters. The summed E-state index contributed by atoms with van der Waals surface area (Å²) in [7, 11) is 0. The van der Waals surface area contributed by atoms with Crippen LogP contribution in [-0.2, 0) is 28.6 Å². The Morgan fingerprint density at radius 1 is 0.790 bits per heavy atom. The third-order valence-electron chi connectivity index (χ3n) is 13.1. The number of hydrogen-bond donors (Lipinski definition) is 2. The van der Waals surface area contributed by atoms with Crippen molar-refractivity contribution in [2.24, 2.45) is 5.92 Å². The van der Waals surface area contributed by atoms with Crippen LogP contribution in [0.25, 0.3) is 5.57 Å². The largest absolute Gasteiger partial charge is 0.450 e. The Balaban J connectivity index is 0.000000192. The van der Waals surface area contributed by atoms with Gasteiger partial charge < -0.3 is 24.7 Å². The van der Waals surface area contributed by atoms with E-state index in [1.54, 1.807) is 4.90 Å². The maximum Gasteiger partial charge on any atom is 0.409 e. The van der Waals surface area contributed by atoms with Gasteiger partial charge in [0.05, 0.1) is 18.4 Å². The molecule has 2 saturated heterocycles. The molecule has 1 aliphatic carbocycles. The van der Waals surface area contributed by atoms with Gasteiger partial charge in [0.15, 0.2) is 0 Å². The van der Waals surface area contributed by atoms with Crippen LogP contribution in [0.2, 0.25) is 5.02 Å². The minimum absolute atomic E-state index is 0.128. The van der Waals surface area contributed by atoms with E-state index in [0.29, 0.717) is 19.7 Å². The molecule has 1 amide bonds. The number of aliphatic hydroxyl groups is 2. The van der Waals surface area contributed by atoms with E-state index in [0.717, 1.165) is 98.4 Å². The SMILES string of the molecule is CC(C)(C)c1ccc(C(O)CCCN2CCC(C(O)(c3ccccc3)c3ccccc3)CC2)cc1.CCOC(=O)N1CCC(=C2c3ccc(Cl)cc3CCc3cccnc32)CC1. The molecule has 3 heterocycles. The van der Waals surface area contributed by atoms with E-state index in [4.69, 9.17) is 21.3 Å². The average Bonchev–Trinajstić information content (AvgIpc) is 3.46. The van der Waals surface area contributed by atoms with Gasteiger partial charge in [-0.05, 0) is 146 Å². The van der Waals surface area contributed by atoms with Crippen LogP contribution in [0.3, 0.4) is 0 Å². The summed E-state index contributed by atoms with van der Waals surface area (Å²) in [4.78, 5) is 21.1. The number of carbonyl (C=O) groups excluding carboxylic acids is 1. The number of fused-ring (bicyclic) bond motifs is 2. The van der Waals surface area contributed by atoms with Gasteiger partial charge in [-0.3, -0.25) is 4.98 Å². The Morgan fingerprint density at radius 2 is 1.42 bits per heavy atom. The van der Waals surface area contributed by atoms with E-state index >= 15 is 0 Å². The summed E-state index contributed by atoms with van der Waals surface area (Å²) in [6.45, 7) is 13.2. The first-order valence-electron chi connectivity index (χ1n) is 22.7. The van der Waals surface area contributed by atoms with Gasteiger partial charge >= 0.3 is 6.09 Å². The summed E-state index contributed by atoms with van der Waals surface area (Å²) in [5, 5.41) is 23.5. The summed E-state index contributed by atoms with van der Waals surface area (Å²) < 4.78 is 5.15. The van der Waals surface area contributed by atoms with E-state index < -0.39 is 11.7 Å². The Morgan fingerprint density at radius 3 is 2.03 bits per heavy atom. The second-order valence-electron chi connectivity index (χ2n) is 18.1. The van der Waals surface area contributed by atoms with E-state index in [1.807, 2.05) is 61.7 Å². The smallest absolute Gasteiger partial charge is 0.409 e. The summed E-state index contributed by atoms with van der Waals surface area (Å²) >= 11 is 6.27. The summed E-state index contributed by atoms with van der Waals surface area (Å²) in [5.74, 6) is 0.176. The molecule has 7 nitrogen and oxygen atoms in total. The fourth-order valence-electron chi connectivity index (χ4n) is 9.53. The van der Waals surface area contributed by atoms with Gasteiger partial charge in [0.2, 0.25) is 0 Å². The second-order valence-corrected chi connectivity index (χ2v) is 18.6. The molecule has 326 valence electrons. The van der Waals surface area contributed by atoms with Gasteiger partial charge in [-0.25, -0.2) is 4.79 Å². The van der Waals surface area contributed by atoms with Crippen molar-refractivity contribution < 1.29 is 19.7 Å². The number of aryl methyl sites for hydroxylation is 2. The van der Waals surface area contributed by atoms with E-state index in [9.17, 15) is 15.0 Å². The van der Waals surface area contributed by atoms with Gasteiger partial charge in [0.25, 0.3) is 0 Å². The third-order valence-corrected chi connectivity index (χ3v) is 13.3. The quantitative estimate of drug-likeness (QED) is 0.154. The molecule has 0 radical (unpaired) electrons. The van der Waals surface area contributed by atoms with Crippen molar-refractivity contribution in [3.05, 3.63) is 177 Å². The Labute approximate surface area is 374 Å². The molecule has 1 aromatic heterocycles. The zero-order valence-electron chi connectivity index (χ0n) is 37.0. The van der Waals surface area contributed by atoms with Crippen LogP contribution in [0, 0.1) is 5.92 Å². The topological polar surface area (TPSA) is 86.1 Å². The molecule has 3 aliphatic rings. The monoisotopic (exact) mass is 853 g/mol. The highest BCUT2D eigenvalue weighted by Crippen LogP contribution is 2.42. The zero-order valence-corrected chi connectivity index (χ0v) is 37.8.